The number of carbonyl (C=O) groups excluding carboxylic acids is 1. The van der Waals surface area contributed by atoms with E-state index in [2.05, 4.69) is 21.6 Å². The van der Waals surface area contributed by atoms with Crippen LogP contribution in [0.25, 0.3) is 0 Å². The van der Waals surface area contributed by atoms with Crippen LogP contribution in [0.1, 0.15) is 22.5 Å². The molecule has 7 nitrogen and oxygen atoms in total. The van der Waals surface area contributed by atoms with Crippen molar-refractivity contribution in [3.63, 3.8) is 0 Å². The second kappa shape index (κ2) is 8.18. The summed E-state index contributed by atoms with van der Waals surface area (Å²) in [7, 11) is 3.19. The molecule has 1 aromatic heterocycles. The molecule has 1 aliphatic rings. The van der Waals surface area contributed by atoms with Crippen LogP contribution in [0.4, 0.5) is 17.2 Å². The summed E-state index contributed by atoms with van der Waals surface area (Å²) in [6, 6.07) is 16.9. The molecular formula is C22H22N4O3. The summed E-state index contributed by atoms with van der Waals surface area (Å²) in [5.74, 6) is 1.69. The molecule has 0 atom stereocenters. The van der Waals surface area contributed by atoms with Gasteiger partial charge in [0.1, 0.15) is 11.5 Å². The molecule has 0 saturated carbocycles. The summed E-state index contributed by atoms with van der Waals surface area (Å²) in [6.07, 6.45) is 1.92. The van der Waals surface area contributed by atoms with Crippen LogP contribution in [0.2, 0.25) is 0 Å². The van der Waals surface area contributed by atoms with E-state index in [9.17, 15) is 4.79 Å². The Morgan fingerprint density at radius 1 is 1.03 bits per heavy atom. The van der Waals surface area contributed by atoms with Gasteiger partial charge in [-0.3, -0.25) is 4.79 Å². The van der Waals surface area contributed by atoms with Crippen molar-refractivity contribution < 1.29 is 14.3 Å². The summed E-state index contributed by atoms with van der Waals surface area (Å²) in [5, 5.41) is 11.5. The Balaban J connectivity index is 1.52. The SMILES string of the molecule is COc1ccc(Nc2ccc(C(=O)N3CCCc4ccccc43)nn2)c(OC)c1. The molecule has 3 aromatic rings. The lowest BCUT2D eigenvalue weighted by atomic mass is 10.0. The highest BCUT2D eigenvalue weighted by Gasteiger charge is 2.24. The summed E-state index contributed by atoms with van der Waals surface area (Å²) in [5.41, 5.74) is 3.18. The van der Waals surface area contributed by atoms with Gasteiger partial charge in [-0.25, -0.2) is 0 Å². The highest BCUT2D eigenvalue weighted by atomic mass is 16.5. The third-order valence-corrected chi connectivity index (χ3v) is 4.91. The minimum Gasteiger partial charge on any atom is -0.497 e. The van der Waals surface area contributed by atoms with Crippen molar-refractivity contribution in [3.8, 4) is 11.5 Å². The molecule has 2 aromatic carbocycles. The number of ether oxygens (including phenoxy) is 2. The number of nitrogens with one attached hydrogen (secondary N) is 1. The van der Waals surface area contributed by atoms with Crippen LogP contribution in [0.3, 0.4) is 0 Å². The zero-order valence-corrected chi connectivity index (χ0v) is 16.4. The first-order valence-corrected chi connectivity index (χ1v) is 9.42. The summed E-state index contributed by atoms with van der Waals surface area (Å²) >= 11 is 0. The Morgan fingerprint density at radius 2 is 1.90 bits per heavy atom. The van der Waals surface area contributed by atoms with E-state index in [0.717, 1.165) is 24.2 Å². The van der Waals surface area contributed by atoms with Crippen LogP contribution in [-0.4, -0.2) is 36.9 Å². The van der Waals surface area contributed by atoms with E-state index in [-0.39, 0.29) is 5.91 Å². The number of rotatable bonds is 5. The third kappa shape index (κ3) is 3.85. The van der Waals surface area contributed by atoms with E-state index < -0.39 is 0 Å². The lowest BCUT2D eigenvalue weighted by molar-refractivity contribution is 0.0979. The largest absolute Gasteiger partial charge is 0.497 e. The standard InChI is InChI=1S/C22H22N4O3/c1-28-16-9-10-17(20(14-16)29-2)23-21-12-11-18(24-25-21)22(27)26-13-5-7-15-6-3-4-8-19(15)26/h3-4,6,8-12,14H,5,7,13H2,1-2H3,(H,23,25). The predicted octanol–water partition coefficient (Wildman–Crippen LogP) is 3.83. The Kier molecular flexibility index (Phi) is 5.29. The van der Waals surface area contributed by atoms with Crippen molar-refractivity contribution >= 4 is 23.1 Å². The van der Waals surface area contributed by atoms with Crippen molar-refractivity contribution in [1.82, 2.24) is 10.2 Å². The molecule has 148 valence electrons. The smallest absolute Gasteiger partial charge is 0.278 e. The quantitative estimate of drug-likeness (QED) is 0.714. The Hall–Kier alpha value is -3.61. The van der Waals surface area contributed by atoms with Crippen LogP contribution in [-0.2, 0) is 6.42 Å². The number of methoxy groups -OCH3 is 2. The summed E-state index contributed by atoms with van der Waals surface area (Å²) in [4.78, 5) is 14.8. The normalized spacial score (nSPS) is 12.8. The first-order valence-electron chi connectivity index (χ1n) is 9.42. The molecule has 7 heteroatoms. The molecule has 0 radical (unpaired) electrons. The molecular weight excluding hydrogens is 368 g/mol. The van der Waals surface area contributed by atoms with Gasteiger partial charge >= 0.3 is 0 Å². The van der Waals surface area contributed by atoms with Gasteiger partial charge in [0.05, 0.1) is 19.9 Å². The maximum Gasteiger partial charge on any atom is 0.278 e. The van der Waals surface area contributed by atoms with E-state index in [0.29, 0.717) is 29.6 Å². The van der Waals surface area contributed by atoms with Crippen LogP contribution in [0, 0.1) is 0 Å². The van der Waals surface area contributed by atoms with Gasteiger partial charge in [0.15, 0.2) is 11.5 Å². The molecule has 0 fully saturated rings. The zero-order chi connectivity index (χ0) is 20.2. The Bertz CT molecular complexity index is 1020. The Morgan fingerprint density at radius 3 is 2.66 bits per heavy atom. The molecule has 2 heterocycles. The highest BCUT2D eigenvalue weighted by molar-refractivity contribution is 6.05. The lowest BCUT2D eigenvalue weighted by Gasteiger charge is -2.29. The van der Waals surface area contributed by atoms with Crippen molar-refractivity contribution in [1.29, 1.82) is 0 Å². The zero-order valence-electron chi connectivity index (χ0n) is 16.4. The maximum absolute atomic E-state index is 13.0. The second-order valence-electron chi connectivity index (χ2n) is 6.68. The minimum absolute atomic E-state index is 0.141. The predicted molar refractivity (Wildman–Crippen MR) is 111 cm³/mol. The number of carbonyl (C=O) groups is 1. The minimum atomic E-state index is -0.141. The number of aryl methyl sites for hydroxylation is 1. The third-order valence-electron chi connectivity index (χ3n) is 4.91. The first-order chi connectivity index (χ1) is 14.2. The van der Waals surface area contributed by atoms with E-state index in [1.54, 1.807) is 37.3 Å². The fourth-order valence-electron chi connectivity index (χ4n) is 3.44. The molecule has 1 N–H and O–H groups in total. The van der Waals surface area contributed by atoms with E-state index in [1.807, 2.05) is 30.3 Å². The summed E-state index contributed by atoms with van der Waals surface area (Å²) < 4.78 is 10.6. The fourth-order valence-corrected chi connectivity index (χ4v) is 3.44. The monoisotopic (exact) mass is 390 g/mol. The van der Waals surface area contributed by atoms with Gasteiger partial charge in [-0.2, -0.15) is 0 Å². The molecule has 0 spiro atoms. The fraction of sp³-hybridized carbons (Fsp3) is 0.227. The molecule has 0 saturated heterocycles. The highest BCUT2D eigenvalue weighted by Crippen LogP contribution is 2.31. The number of para-hydroxylation sites is 1. The number of fused-ring (bicyclic) bond motifs is 1. The van der Waals surface area contributed by atoms with Gasteiger partial charge < -0.3 is 19.7 Å². The number of anilines is 3. The van der Waals surface area contributed by atoms with Gasteiger partial charge in [-0.15, -0.1) is 10.2 Å². The van der Waals surface area contributed by atoms with Gasteiger partial charge in [0.25, 0.3) is 5.91 Å². The average Bonchev–Trinajstić information content (AvgIpc) is 2.79. The van der Waals surface area contributed by atoms with Gasteiger partial charge in [0.2, 0.25) is 0 Å². The molecule has 1 amide bonds. The second-order valence-corrected chi connectivity index (χ2v) is 6.68. The lowest BCUT2D eigenvalue weighted by Crippen LogP contribution is -2.36. The number of aromatic nitrogens is 2. The van der Waals surface area contributed by atoms with Crippen LogP contribution >= 0.6 is 0 Å². The van der Waals surface area contributed by atoms with E-state index >= 15 is 0 Å². The van der Waals surface area contributed by atoms with Crippen molar-refractivity contribution in [2.24, 2.45) is 0 Å². The Labute approximate surface area is 169 Å². The molecule has 29 heavy (non-hydrogen) atoms. The number of hydrogen-bond acceptors (Lipinski definition) is 6. The molecule has 1 aliphatic heterocycles. The number of nitrogens with zero attached hydrogens (tertiary/aromatic N) is 3. The van der Waals surface area contributed by atoms with E-state index in [1.165, 1.54) is 5.56 Å². The number of benzene rings is 2. The number of hydrogen-bond donors (Lipinski definition) is 1. The first kappa shape index (κ1) is 18.7. The molecule has 0 unspecified atom stereocenters. The molecule has 4 rings (SSSR count). The van der Waals surface area contributed by atoms with Gasteiger partial charge in [-0.1, -0.05) is 18.2 Å². The van der Waals surface area contributed by atoms with Gasteiger partial charge in [-0.05, 0) is 48.7 Å². The molecule has 0 aliphatic carbocycles. The van der Waals surface area contributed by atoms with Gasteiger partial charge in [0, 0.05) is 18.3 Å². The van der Waals surface area contributed by atoms with Crippen LogP contribution < -0.4 is 19.7 Å². The number of amides is 1. The summed E-state index contributed by atoms with van der Waals surface area (Å²) in [6.45, 7) is 0.681. The van der Waals surface area contributed by atoms with Crippen LogP contribution in [0.5, 0.6) is 11.5 Å². The molecule has 0 bridgehead atoms. The topological polar surface area (TPSA) is 76.6 Å². The van der Waals surface area contributed by atoms with E-state index in [4.69, 9.17) is 9.47 Å². The van der Waals surface area contributed by atoms with Crippen molar-refractivity contribution in [2.75, 3.05) is 31.0 Å². The average molecular weight is 390 g/mol. The van der Waals surface area contributed by atoms with Crippen LogP contribution in [0.15, 0.2) is 54.6 Å². The van der Waals surface area contributed by atoms with Crippen molar-refractivity contribution in [3.05, 3.63) is 65.9 Å². The van der Waals surface area contributed by atoms with Crippen molar-refractivity contribution in [2.45, 2.75) is 12.8 Å². The maximum atomic E-state index is 13.0.